The monoisotopic (exact) mass is 375 g/mol. The number of aliphatic hydroxyl groups excluding tert-OH is 1. The third-order valence-corrected chi connectivity index (χ3v) is 4.71. The minimum absolute atomic E-state index is 0.141. The van der Waals surface area contributed by atoms with Crippen LogP contribution in [0.2, 0.25) is 0 Å². The Hall–Kier alpha value is -2.52. The van der Waals surface area contributed by atoms with E-state index in [0.717, 1.165) is 5.82 Å². The number of carbonyl (C=O) groups is 1. The highest BCUT2D eigenvalue weighted by Crippen LogP contribution is 2.24. The second-order valence-corrected chi connectivity index (χ2v) is 7.16. The lowest BCUT2D eigenvalue weighted by molar-refractivity contribution is -0.0326. The summed E-state index contributed by atoms with van der Waals surface area (Å²) in [5, 5.41) is 25.9. The number of carbonyl (C=O) groups excluding carboxylic acids is 1. The van der Waals surface area contributed by atoms with E-state index in [0.29, 0.717) is 43.2 Å². The zero-order chi connectivity index (χ0) is 19.4. The number of pyridine rings is 1. The molecule has 1 aliphatic heterocycles. The van der Waals surface area contributed by atoms with Crippen LogP contribution in [0, 0.1) is 0 Å². The molecule has 0 aromatic carbocycles. The molecule has 0 unspecified atom stereocenters. The minimum atomic E-state index is -0.999. The van der Waals surface area contributed by atoms with Gasteiger partial charge in [0.15, 0.2) is 5.82 Å². The van der Waals surface area contributed by atoms with Crippen LogP contribution in [0.25, 0.3) is 0 Å². The van der Waals surface area contributed by atoms with Crippen LogP contribution in [0.3, 0.4) is 0 Å². The van der Waals surface area contributed by atoms with E-state index in [1.807, 2.05) is 18.7 Å². The number of aliphatic hydroxyl groups is 2. The van der Waals surface area contributed by atoms with Crippen molar-refractivity contribution in [1.82, 2.24) is 20.4 Å². The molecule has 0 atom stereocenters. The van der Waals surface area contributed by atoms with Crippen LogP contribution in [0.1, 0.15) is 54.7 Å². The van der Waals surface area contributed by atoms with E-state index in [1.165, 1.54) is 6.20 Å². The summed E-state index contributed by atoms with van der Waals surface area (Å²) < 4.78 is 5.11. The average molecular weight is 375 g/mol. The van der Waals surface area contributed by atoms with Crippen molar-refractivity contribution < 1.29 is 19.5 Å². The van der Waals surface area contributed by atoms with Gasteiger partial charge in [0.1, 0.15) is 5.82 Å². The molecular weight excluding hydrogens is 350 g/mol. The molecule has 1 amide bonds. The fourth-order valence-electron chi connectivity index (χ4n) is 2.85. The van der Waals surface area contributed by atoms with E-state index < -0.39 is 5.60 Å². The van der Waals surface area contributed by atoms with Crippen molar-refractivity contribution in [3.05, 3.63) is 35.6 Å². The zero-order valence-corrected chi connectivity index (χ0v) is 15.6. The predicted octanol–water partition coefficient (Wildman–Crippen LogP) is 0.842. The van der Waals surface area contributed by atoms with Gasteiger partial charge in [0.2, 0.25) is 5.89 Å². The molecule has 1 saturated heterocycles. The largest absolute Gasteiger partial charge is 0.393 e. The molecule has 3 heterocycles. The molecule has 3 rings (SSSR count). The van der Waals surface area contributed by atoms with Crippen LogP contribution in [0.5, 0.6) is 0 Å². The van der Waals surface area contributed by atoms with Crippen molar-refractivity contribution in [3.8, 4) is 0 Å². The number of rotatable bonds is 6. The summed E-state index contributed by atoms with van der Waals surface area (Å²) in [6.45, 7) is 5.07. The number of nitrogens with one attached hydrogen (secondary N) is 1. The van der Waals surface area contributed by atoms with Crippen molar-refractivity contribution in [2.45, 2.75) is 44.8 Å². The second kappa shape index (κ2) is 8.01. The van der Waals surface area contributed by atoms with Gasteiger partial charge in [0, 0.05) is 25.2 Å². The van der Waals surface area contributed by atoms with E-state index in [4.69, 9.17) is 4.52 Å². The van der Waals surface area contributed by atoms with Crippen LogP contribution in [-0.2, 0) is 6.54 Å². The average Bonchev–Trinajstić information content (AvgIpc) is 3.16. The van der Waals surface area contributed by atoms with Crippen molar-refractivity contribution in [1.29, 1.82) is 0 Å². The molecule has 2 aromatic heterocycles. The minimum Gasteiger partial charge on any atom is -0.393 e. The molecule has 0 bridgehead atoms. The van der Waals surface area contributed by atoms with Gasteiger partial charge in [0.25, 0.3) is 5.91 Å². The highest BCUT2D eigenvalue weighted by Gasteiger charge is 2.31. The van der Waals surface area contributed by atoms with E-state index in [2.05, 4.69) is 20.4 Å². The number of amides is 1. The van der Waals surface area contributed by atoms with E-state index in [9.17, 15) is 15.0 Å². The standard InChI is InChI=1S/C18H25N5O4/c1-12(2)17-21-14(22-27-17)10-20-16(25)13-3-4-15(19-9-13)23-7-5-18(26,11-24)6-8-23/h3-4,9,12,24,26H,5-8,10-11H2,1-2H3,(H,20,25). The van der Waals surface area contributed by atoms with Gasteiger partial charge in [-0.3, -0.25) is 4.79 Å². The number of anilines is 1. The molecule has 27 heavy (non-hydrogen) atoms. The van der Waals surface area contributed by atoms with E-state index >= 15 is 0 Å². The Kier molecular flexibility index (Phi) is 5.71. The van der Waals surface area contributed by atoms with E-state index in [1.54, 1.807) is 12.1 Å². The Balaban J connectivity index is 1.54. The Morgan fingerprint density at radius 2 is 2.11 bits per heavy atom. The fraction of sp³-hybridized carbons (Fsp3) is 0.556. The Bertz CT molecular complexity index is 766. The van der Waals surface area contributed by atoms with Gasteiger partial charge in [-0.25, -0.2) is 4.98 Å². The maximum Gasteiger partial charge on any atom is 0.253 e. The van der Waals surface area contributed by atoms with E-state index in [-0.39, 0.29) is 25.0 Å². The predicted molar refractivity (Wildman–Crippen MR) is 97.3 cm³/mol. The van der Waals surface area contributed by atoms with Crippen molar-refractivity contribution in [3.63, 3.8) is 0 Å². The summed E-state index contributed by atoms with van der Waals surface area (Å²) in [7, 11) is 0. The molecule has 0 spiro atoms. The number of hydrogen-bond donors (Lipinski definition) is 3. The van der Waals surface area contributed by atoms with Crippen LogP contribution in [0.15, 0.2) is 22.9 Å². The lowest BCUT2D eigenvalue weighted by Gasteiger charge is -2.37. The molecule has 3 N–H and O–H groups in total. The molecule has 0 saturated carbocycles. The van der Waals surface area contributed by atoms with Gasteiger partial charge in [-0.1, -0.05) is 19.0 Å². The first-order valence-corrected chi connectivity index (χ1v) is 9.05. The summed E-state index contributed by atoms with van der Waals surface area (Å²) in [5.74, 6) is 1.59. The van der Waals surface area contributed by atoms with Gasteiger partial charge in [0.05, 0.1) is 24.3 Å². The van der Waals surface area contributed by atoms with Crippen LogP contribution >= 0.6 is 0 Å². The second-order valence-electron chi connectivity index (χ2n) is 7.16. The van der Waals surface area contributed by atoms with Gasteiger partial charge in [-0.2, -0.15) is 4.98 Å². The topological polar surface area (TPSA) is 125 Å². The molecule has 1 aliphatic rings. The summed E-state index contributed by atoms with van der Waals surface area (Å²) in [5.41, 5.74) is -0.559. The highest BCUT2D eigenvalue weighted by atomic mass is 16.5. The Labute approximate surface area is 157 Å². The third-order valence-electron chi connectivity index (χ3n) is 4.71. The first-order chi connectivity index (χ1) is 12.9. The number of nitrogens with zero attached hydrogens (tertiary/aromatic N) is 4. The third kappa shape index (κ3) is 4.61. The number of hydrogen-bond acceptors (Lipinski definition) is 8. The van der Waals surface area contributed by atoms with Crippen LogP contribution in [0.4, 0.5) is 5.82 Å². The van der Waals surface area contributed by atoms with Crippen LogP contribution < -0.4 is 10.2 Å². The lowest BCUT2D eigenvalue weighted by Crippen LogP contribution is -2.46. The number of piperidine rings is 1. The Morgan fingerprint density at radius 1 is 1.37 bits per heavy atom. The van der Waals surface area contributed by atoms with Gasteiger partial charge >= 0.3 is 0 Å². The summed E-state index contributed by atoms with van der Waals surface area (Å²) in [6, 6.07) is 3.49. The van der Waals surface area contributed by atoms with Crippen molar-refractivity contribution in [2.24, 2.45) is 0 Å². The molecule has 2 aromatic rings. The quantitative estimate of drug-likeness (QED) is 0.678. The van der Waals surface area contributed by atoms with Crippen LogP contribution in [-0.4, -0.2) is 56.5 Å². The van der Waals surface area contributed by atoms with Gasteiger partial charge in [-0.05, 0) is 25.0 Å². The summed E-state index contributed by atoms with van der Waals surface area (Å²) in [6.07, 6.45) is 2.49. The zero-order valence-electron chi connectivity index (χ0n) is 15.6. The lowest BCUT2D eigenvalue weighted by atomic mass is 9.92. The SMILES string of the molecule is CC(C)c1nc(CNC(=O)c2ccc(N3CCC(O)(CO)CC3)nc2)no1. The fourth-order valence-corrected chi connectivity index (χ4v) is 2.85. The molecule has 1 fully saturated rings. The normalized spacial score (nSPS) is 16.6. The highest BCUT2D eigenvalue weighted by molar-refractivity contribution is 5.93. The van der Waals surface area contributed by atoms with Crippen molar-refractivity contribution in [2.75, 3.05) is 24.6 Å². The molecule has 146 valence electrons. The van der Waals surface area contributed by atoms with Gasteiger partial charge < -0.3 is 25.0 Å². The molecular formula is C18H25N5O4. The molecule has 9 nitrogen and oxygen atoms in total. The Morgan fingerprint density at radius 3 is 2.67 bits per heavy atom. The first-order valence-electron chi connectivity index (χ1n) is 9.05. The molecule has 0 aliphatic carbocycles. The first kappa shape index (κ1) is 19.2. The summed E-state index contributed by atoms with van der Waals surface area (Å²) in [4.78, 5) is 22.9. The number of aromatic nitrogens is 3. The summed E-state index contributed by atoms with van der Waals surface area (Å²) >= 11 is 0. The maximum absolute atomic E-state index is 12.3. The van der Waals surface area contributed by atoms with Crippen molar-refractivity contribution >= 4 is 11.7 Å². The molecule has 9 heteroatoms. The smallest absolute Gasteiger partial charge is 0.253 e. The van der Waals surface area contributed by atoms with Gasteiger partial charge in [-0.15, -0.1) is 0 Å². The maximum atomic E-state index is 12.3. The molecule has 0 radical (unpaired) electrons.